The van der Waals surface area contributed by atoms with Crippen LogP contribution in [0, 0.1) is 5.92 Å². The Kier molecular flexibility index (Phi) is 8.92. The Labute approximate surface area is 261 Å². The van der Waals surface area contributed by atoms with Crippen LogP contribution in [-0.2, 0) is 31.3 Å². The van der Waals surface area contributed by atoms with Crippen LogP contribution >= 0.6 is 15.9 Å². The molecule has 0 bridgehead atoms. The van der Waals surface area contributed by atoms with Gasteiger partial charge in [0.25, 0.3) is 11.8 Å². The molecule has 3 heterocycles. The van der Waals surface area contributed by atoms with Crippen LogP contribution in [0.3, 0.4) is 0 Å². The number of nitrogens with zero attached hydrogens (tertiary/aromatic N) is 2. The highest BCUT2D eigenvalue weighted by Gasteiger charge is 2.66. The summed E-state index contributed by atoms with van der Waals surface area (Å²) in [6.07, 6.45) is -0.251. The highest BCUT2D eigenvalue weighted by molar-refractivity contribution is 9.10. The van der Waals surface area contributed by atoms with E-state index in [2.05, 4.69) is 21.2 Å². The molecule has 0 aromatic heterocycles. The SMILES string of the molecule is C[C@H](O)C(=O)Nc1cccc(CN2C(=O)[C@]3(O[C@H](CC(=O)N4CCC[C@H]4CO)[C@@H]([Si](C)(C)O)[C@@H]3C)c3cc(Br)ccc32)c1. The number of ether oxygens (including phenoxy) is 1. The molecule has 6 atom stereocenters. The van der Waals surface area contributed by atoms with Gasteiger partial charge in [0.05, 0.1) is 37.4 Å². The fourth-order valence-corrected chi connectivity index (χ4v) is 10.1. The first-order chi connectivity index (χ1) is 20.3. The summed E-state index contributed by atoms with van der Waals surface area (Å²) in [6.45, 7) is 7.65. The summed E-state index contributed by atoms with van der Waals surface area (Å²) < 4.78 is 7.57. The van der Waals surface area contributed by atoms with E-state index in [4.69, 9.17) is 4.74 Å². The van der Waals surface area contributed by atoms with Crippen molar-refractivity contribution in [2.45, 2.75) is 82.1 Å². The lowest BCUT2D eigenvalue weighted by Gasteiger charge is -2.33. The summed E-state index contributed by atoms with van der Waals surface area (Å²) in [5.74, 6) is -1.36. The Morgan fingerprint density at radius 2 is 1.98 bits per heavy atom. The number of benzene rings is 2. The zero-order valence-corrected chi connectivity index (χ0v) is 27.5. The van der Waals surface area contributed by atoms with Crippen LogP contribution < -0.4 is 10.2 Å². The van der Waals surface area contributed by atoms with E-state index < -0.39 is 43.5 Å². The summed E-state index contributed by atoms with van der Waals surface area (Å²) in [5.41, 5.74) is 0.827. The molecule has 1 spiro atoms. The van der Waals surface area contributed by atoms with Crippen molar-refractivity contribution >= 4 is 53.3 Å². The normalized spacial score (nSPS) is 27.6. The van der Waals surface area contributed by atoms with Crippen molar-refractivity contribution in [3.63, 3.8) is 0 Å². The molecule has 2 fully saturated rings. The number of halogens is 1. The Balaban J connectivity index is 1.50. The lowest BCUT2D eigenvalue weighted by Crippen LogP contribution is -2.46. The summed E-state index contributed by atoms with van der Waals surface area (Å²) in [5, 5.41) is 22.1. The third kappa shape index (κ3) is 5.80. The molecule has 4 N–H and O–H groups in total. The second-order valence-electron chi connectivity index (χ2n) is 12.5. The number of rotatable bonds is 8. The maximum absolute atomic E-state index is 14.6. The molecule has 3 aliphatic rings. The number of aliphatic hydroxyl groups is 2. The number of hydrogen-bond acceptors (Lipinski definition) is 7. The standard InChI is InChI=1S/C31H40BrN3O7Si/c1-18-28(43(3,4)41)26(15-27(38)34-12-6-9-23(34)17-36)42-31(18)24-14-21(32)10-11-25(24)35(30(31)40)16-20-7-5-8-22(13-20)33-29(39)19(2)37/h5,7-8,10-11,13-14,18-19,23,26,28,36-37,41H,6,9,12,15-17H2,1-4H3,(H,33,39)/t18-,19-,23-,26+,28-,31+/m0/s1. The smallest absolute Gasteiger partial charge is 0.264 e. The van der Waals surface area contributed by atoms with Gasteiger partial charge in [-0.15, -0.1) is 0 Å². The summed E-state index contributed by atoms with van der Waals surface area (Å²) in [6, 6.07) is 12.5. The van der Waals surface area contributed by atoms with E-state index in [-0.39, 0.29) is 37.4 Å². The largest absolute Gasteiger partial charge is 0.432 e. The minimum atomic E-state index is -2.96. The average molecular weight is 675 g/mol. The van der Waals surface area contributed by atoms with Crippen molar-refractivity contribution in [2.24, 2.45) is 5.92 Å². The predicted octanol–water partition coefficient (Wildman–Crippen LogP) is 3.49. The lowest BCUT2D eigenvalue weighted by atomic mass is 9.82. The van der Waals surface area contributed by atoms with Gasteiger partial charge in [-0.1, -0.05) is 35.0 Å². The van der Waals surface area contributed by atoms with Gasteiger partial charge in [0, 0.05) is 33.7 Å². The molecule has 5 rings (SSSR count). The van der Waals surface area contributed by atoms with Gasteiger partial charge < -0.3 is 34.9 Å². The van der Waals surface area contributed by atoms with Gasteiger partial charge in [-0.3, -0.25) is 14.4 Å². The molecule has 2 aromatic rings. The monoisotopic (exact) mass is 673 g/mol. The maximum atomic E-state index is 14.6. The second kappa shape index (κ2) is 12.1. The number of fused-ring (bicyclic) bond motifs is 2. The van der Waals surface area contributed by atoms with Crippen LogP contribution in [0.15, 0.2) is 46.9 Å². The quantitative estimate of drug-likeness (QED) is 0.315. The van der Waals surface area contributed by atoms with Crippen molar-refractivity contribution in [2.75, 3.05) is 23.4 Å². The van der Waals surface area contributed by atoms with Crippen LogP contribution in [0.5, 0.6) is 0 Å². The Morgan fingerprint density at radius 1 is 1.23 bits per heavy atom. The van der Waals surface area contributed by atoms with Gasteiger partial charge in [0.2, 0.25) is 5.91 Å². The second-order valence-corrected chi connectivity index (χ2v) is 17.4. The molecule has 3 aliphatic heterocycles. The molecule has 3 amide bonds. The summed E-state index contributed by atoms with van der Waals surface area (Å²) >= 11 is 3.56. The van der Waals surface area contributed by atoms with Crippen LogP contribution in [0.4, 0.5) is 11.4 Å². The number of hydrogen-bond donors (Lipinski definition) is 4. The molecule has 2 aromatic carbocycles. The van der Waals surface area contributed by atoms with E-state index in [1.807, 2.05) is 44.3 Å². The van der Waals surface area contributed by atoms with Crippen molar-refractivity contribution in [1.82, 2.24) is 4.90 Å². The fraction of sp³-hybridized carbons (Fsp3) is 0.516. The number of nitrogens with one attached hydrogen (secondary N) is 1. The zero-order valence-electron chi connectivity index (χ0n) is 24.9. The summed E-state index contributed by atoms with van der Waals surface area (Å²) in [7, 11) is -2.96. The van der Waals surface area contributed by atoms with Crippen LogP contribution in [0.1, 0.15) is 44.2 Å². The first-order valence-electron chi connectivity index (χ1n) is 14.8. The number of amides is 3. The fourth-order valence-electron chi connectivity index (χ4n) is 7.23. The molecule has 0 aliphatic carbocycles. The molecule has 43 heavy (non-hydrogen) atoms. The van der Waals surface area contributed by atoms with Crippen molar-refractivity contribution in [3.8, 4) is 0 Å². The molecule has 0 saturated carbocycles. The van der Waals surface area contributed by atoms with Gasteiger partial charge in [0.1, 0.15) is 6.10 Å². The molecule has 12 heteroatoms. The minimum Gasteiger partial charge on any atom is -0.432 e. The average Bonchev–Trinajstić information content (AvgIpc) is 3.59. The Hall–Kier alpha value is -2.61. The highest BCUT2D eigenvalue weighted by atomic mass is 79.9. The van der Waals surface area contributed by atoms with Crippen LogP contribution in [0.2, 0.25) is 18.6 Å². The van der Waals surface area contributed by atoms with E-state index in [0.717, 1.165) is 22.9 Å². The maximum Gasteiger partial charge on any atom is 0.264 e. The molecule has 10 nitrogen and oxygen atoms in total. The number of carbonyl (C=O) groups excluding carboxylic acids is 3. The van der Waals surface area contributed by atoms with E-state index in [9.17, 15) is 29.4 Å². The minimum absolute atomic E-state index is 0.0197. The predicted molar refractivity (Wildman–Crippen MR) is 168 cm³/mol. The van der Waals surface area contributed by atoms with E-state index >= 15 is 0 Å². The van der Waals surface area contributed by atoms with Crippen molar-refractivity contribution in [3.05, 3.63) is 58.1 Å². The lowest BCUT2D eigenvalue weighted by molar-refractivity contribution is -0.150. The Bertz CT molecular complexity index is 1420. The van der Waals surface area contributed by atoms with E-state index in [1.165, 1.54) is 6.92 Å². The molecule has 0 unspecified atom stereocenters. The molecule has 0 radical (unpaired) electrons. The first kappa shape index (κ1) is 31.8. The van der Waals surface area contributed by atoms with Gasteiger partial charge in [-0.2, -0.15) is 0 Å². The molecule has 2 saturated heterocycles. The van der Waals surface area contributed by atoms with E-state index in [0.29, 0.717) is 23.5 Å². The van der Waals surface area contributed by atoms with Crippen molar-refractivity contribution < 1.29 is 34.1 Å². The third-order valence-electron chi connectivity index (χ3n) is 9.14. The highest BCUT2D eigenvalue weighted by Crippen LogP contribution is 2.60. The van der Waals surface area contributed by atoms with Crippen LogP contribution in [0.25, 0.3) is 0 Å². The molecule has 232 valence electrons. The molecular formula is C31H40BrN3O7Si. The number of carbonyl (C=O) groups is 3. The van der Waals surface area contributed by atoms with Gasteiger partial charge in [-0.25, -0.2) is 0 Å². The summed E-state index contributed by atoms with van der Waals surface area (Å²) in [4.78, 5) is 55.1. The van der Waals surface area contributed by atoms with E-state index in [1.54, 1.807) is 28.0 Å². The first-order valence-corrected chi connectivity index (χ1v) is 18.6. The van der Waals surface area contributed by atoms with Gasteiger partial charge in [-0.05, 0) is 68.8 Å². The zero-order chi connectivity index (χ0) is 31.3. The number of aliphatic hydroxyl groups excluding tert-OH is 2. The van der Waals surface area contributed by atoms with Gasteiger partial charge in [0.15, 0.2) is 13.9 Å². The topological polar surface area (TPSA) is 140 Å². The van der Waals surface area contributed by atoms with Crippen LogP contribution in [-0.4, -0.2) is 77.3 Å². The number of likely N-dealkylation sites (tertiary alicyclic amines) is 1. The van der Waals surface area contributed by atoms with Crippen molar-refractivity contribution in [1.29, 1.82) is 0 Å². The molecular weight excluding hydrogens is 634 g/mol. The Morgan fingerprint density at radius 3 is 2.65 bits per heavy atom. The van der Waals surface area contributed by atoms with Gasteiger partial charge >= 0.3 is 0 Å². The number of anilines is 2. The third-order valence-corrected chi connectivity index (χ3v) is 12.1.